The number of nitrogens with zero attached hydrogens (tertiary/aromatic N) is 1. The summed E-state index contributed by atoms with van der Waals surface area (Å²) >= 11 is 1.34. The molecular formula is C22H23N3O4S. The van der Waals surface area contributed by atoms with Crippen LogP contribution < -0.4 is 20.1 Å². The highest BCUT2D eigenvalue weighted by Crippen LogP contribution is 2.33. The van der Waals surface area contributed by atoms with Crippen LogP contribution in [0.3, 0.4) is 0 Å². The fourth-order valence-corrected chi connectivity index (χ4v) is 3.61. The number of carbonyl (C=O) groups is 2. The molecule has 1 aromatic heterocycles. The SMILES string of the molecule is COc1ccc(-c2nc(C(=O)NCC(=O)Nc3cccc(C)c3C)cs2)cc1OC. The van der Waals surface area contributed by atoms with Gasteiger partial charge in [-0.2, -0.15) is 0 Å². The fraction of sp³-hybridized carbons (Fsp3) is 0.227. The van der Waals surface area contributed by atoms with E-state index in [0.717, 1.165) is 22.4 Å². The maximum Gasteiger partial charge on any atom is 0.271 e. The monoisotopic (exact) mass is 425 g/mol. The first-order valence-electron chi connectivity index (χ1n) is 9.25. The molecule has 0 aliphatic heterocycles. The van der Waals surface area contributed by atoms with Crippen LogP contribution >= 0.6 is 11.3 Å². The molecule has 0 aliphatic rings. The minimum absolute atomic E-state index is 0.143. The summed E-state index contributed by atoms with van der Waals surface area (Å²) in [7, 11) is 3.13. The van der Waals surface area contributed by atoms with E-state index in [1.165, 1.54) is 11.3 Å². The Balaban J connectivity index is 1.62. The number of aromatic nitrogens is 1. The Hall–Kier alpha value is -3.39. The van der Waals surface area contributed by atoms with Crippen molar-refractivity contribution in [3.05, 3.63) is 58.6 Å². The van der Waals surface area contributed by atoms with Crippen molar-refractivity contribution in [2.75, 3.05) is 26.1 Å². The van der Waals surface area contributed by atoms with E-state index in [0.29, 0.717) is 16.5 Å². The van der Waals surface area contributed by atoms with Gasteiger partial charge in [-0.05, 0) is 49.2 Å². The van der Waals surface area contributed by atoms with Gasteiger partial charge in [-0.3, -0.25) is 9.59 Å². The van der Waals surface area contributed by atoms with E-state index in [2.05, 4.69) is 15.6 Å². The van der Waals surface area contributed by atoms with Gasteiger partial charge in [0, 0.05) is 16.6 Å². The standard InChI is InChI=1S/C22H23N3O4S/c1-13-6-5-7-16(14(13)2)24-20(26)11-23-21(27)17-12-30-22(25-17)15-8-9-18(28-3)19(10-15)29-4/h5-10,12H,11H2,1-4H3,(H,23,27)(H,24,26). The first kappa shape index (κ1) is 21.3. The lowest BCUT2D eigenvalue weighted by atomic mass is 10.1. The summed E-state index contributed by atoms with van der Waals surface area (Å²) in [5.41, 5.74) is 3.88. The van der Waals surface area contributed by atoms with Crippen LogP contribution in [0.2, 0.25) is 0 Å². The van der Waals surface area contributed by atoms with E-state index in [4.69, 9.17) is 9.47 Å². The quantitative estimate of drug-likeness (QED) is 0.601. The number of methoxy groups -OCH3 is 2. The number of rotatable bonds is 7. The second kappa shape index (κ2) is 9.41. The zero-order valence-electron chi connectivity index (χ0n) is 17.2. The topological polar surface area (TPSA) is 89.5 Å². The molecule has 0 saturated carbocycles. The molecule has 0 fully saturated rings. The molecule has 7 nitrogen and oxygen atoms in total. The smallest absolute Gasteiger partial charge is 0.271 e. The molecule has 0 atom stereocenters. The Labute approximate surface area is 179 Å². The predicted molar refractivity (Wildman–Crippen MR) is 118 cm³/mol. The number of aryl methyl sites for hydroxylation is 1. The second-order valence-electron chi connectivity index (χ2n) is 6.59. The average Bonchev–Trinajstić information content (AvgIpc) is 3.25. The van der Waals surface area contributed by atoms with Gasteiger partial charge in [0.1, 0.15) is 10.7 Å². The number of carbonyl (C=O) groups excluding carboxylic acids is 2. The molecule has 156 valence electrons. The molecular weight excluding hydrogens is 402 g/mol. The summed E-state index contributed by atoms with van der Waals surface area (Å²) in [4.78, 5) is 29.0. The molecule has 0 saturated heterocycles. The third-order valence-electron chi connectivity index (χ3n) is 4.66. The van der Waals surface area contributed by atoms with E-state index < -0.39 is 5.91 Å². The van der Waals surface area contributed by atoms with Gasteiger partial charge in [-0.25, -0.2) is 4.98 Å². The van der Waals surface area contributed by atoms with Gasteiger partial charge in [0.05, 0.1) is 20.8 Å². The van der Waals surface area contributed by atoms with Gasteiger partial charge in [-0.1, -0.05) is 12.1 Å². The van der Waals surface area contributed by atoms with Crippen molar-refractivity contribution in [2.45, 2.75) is 13.8 Å². The van der Waals surface area contributed by atoms with Gasteiger partial charge < -0.3 is 20.1 Å². The number of ether oxygens (including phenoxy) is 2. The summed E-state index contributed by atoms with van der Waals surface area (Å²) in [5, 5.41) is 7.75. The second-order valence-corrected chi connectivity index (χ2v) is 7.44. The van der Waals surface area contributed by atoms with Crippen molar-refractivity contribution in [1.82, 2.24) is 10.3 Å². The van der Waals surface area contributed by atoms with E-state index in [1.54, 1.807) is 31.7 Å². The number of benzene rings is 2. The molecule has 0 spiro atoms. The highest BCUT2D eigenvalue weighted by atomic mass is 32.1. The molecule has 0 bridgehead atoms. The van der Waals surface area contributed by atoms with Crippen molar-refractivity contribution in [1.29, 1.82) is 0 Å². The van der Waals surface area contributed by atoms with Crippen molar-refractivity contribution >= 4 is 28.8 Å². The van der Waals surface area contributed by atoms with E-state index >= 15 is 0 Å². The lowest BCUT2D eigenvalue weighted by Gasteiger charge is -2.10. The zero-order valence-corrected chi connectivity index (χ0v) is 18.1. The fourth-order valence-electron chi connectivity index (χ4n) is 2.81. The van der Waals surface area contributed by atoms with E-state index in [1.807, 2.05) is 38.1 Å². The van der Waals surface area contributed by atoms with E-state index in [-0.39, 0.29) is 18.1 Å². The minimum atomic E-state index is -0.408. The highest BCUT2D eigenvalue weighted by Gasteiger charge is 2.15. The summed E-state index contributed by atoms with van der Waals surface area (Å²) in [6.45, 7) is 3.77. The van der Waals surface area contributed by atoms with Crippen molar-refractivity contribution in [3.63, 3.8) is 0 Å². The maximum atomic E-state index is 12.4. The van der Waals surface area contributed by atoms with Crippen LogP contribution in [0.15, 0.2) is 41.8 Å². The summed E-state index contributed by atoms with van der Waals surface area (Å²) in [5.74, 6) is 0.492. The number of nitrogens with one attached hydrogen (secondary N) is 2. The third-order valence-corrected chi connectivity index (χ3v) is 5.55. The molecule has 0 aliphatic carbocycles. The lowest BCUT2D eigenvalue weighted by Crippen LogP contribution is -2.33. The Morgan fingerprint density at radius 1 is 1.07 bits per heavy atom. The van der Waals surface area contributed by atoms with Gasteiger partial charge in [0.2, 0.25) is 5.91 Å². The van der Waals surface area contributed by atoms with Gasteiger partial charge in [0.25, 0.3) is 5.91 Å². The van der Waals surface area contributed by atoms with Crippen molar-refractivity contribution < 1.29 is 19.1 Å². The average molecular weight is 426 g/mol. The summed E-state index contributed by atoms with van der Waals surface area (Å²) in [6.07, 6.45) is 0. The molecule has 2 aromatic carbocycles. The van der Waals surface area contributed by atoms with Crippen LogP contribution in [0.25, 0.3) is 10.6 Å². The molecule has 8 heteroatoms. The van der Waals surface area contributed by atoms with Gasteiger partial charge in [0.15, 0.2) is 11.5 Å². The van der Waals surface area contributed by atoms with Crippen molar-refractivity contribution in [3.8, 4) is 22.1 Å². The van der Waals surface area contributed by atoms with Crippen molar-refractivity contribution in [2.24, 2.45) is 0 Å². The molecule has 3 aromatic rings. The number of hydrogen-bond donors (Lipinski definition) is 2. The van der Waals surface area contributed by atoms with Crippen LogP contribution in [-0.2, 0) is 4.79 Å². The minimum Gasteiger partial charge on any atom is -0.493 e. The Bertz CT molecular complexity index is 1080. The molecule has 2 N–H and O–H groups in total. The van der Waals surface area contributed by atoms with E-state index in [9.17, 15) is 9.59 Å². The number of amides is 2. The van der Waals surface area contributed by atoms with Gasteiger partial charge >= 0.3 is 0 Å². The first-order valence-corrected chi connectivity index (χ1v) is 10.1. The Morgan fingerprint density at radius 2 is 1.83 bits per heavy atom. The molecule has 0 unspecified atom stereocenters. The third kappa shape index (κ3) is 4.77. The molecule has 3 rings (SSSR count). The Kier molecular flexibility index (Phi) is 6.68. The molecule has 1 heterocycles. The number of thiazole rings is 1. The molecule has 0 radical (unpaired) electrons. The van der Waals surface area contributed by atoms with Crippen LogP contribution in [0.1, 0.15) is 21.6 Å². The largest absolute Gasteiger partial charge is 0.493 e. The molecule has 2 amide bonds. The molecule has 30 heavy (non-hydrogen) atoms. The number of hydrogen-bond acceptors (Lipinski definition) is 6. The summed E-state index contributed by atoms with van der Waals surface area (Å²) < 4.78 is 10.5. The zero-order chi connectivity index (χ0) is 21.7. The number of anilines is 1. The maximum absolute atomic E-state index is 12.4. The van der Waals surface area contributed by atoms with Crippen LogP contribution in [-0.4, -0.2) is 37.6 Å². The first-order chi connectivity index (χ1) is 14.4. The normalized spacial score (nSPS) is 10.4. The van der Waals surface area contributed by atoms with Crippen LogP contribution in [0, 0.1) is 13.8 Å². The predicted octanol–water partition coefficient (Wildman–Crippen LogP) is 3.81. The Morgan fingerprint density at radius 3 is 2.57 bits per heavy atom. The summed E-state index contributed by atoms with van der Waals surface area (Å²) in [6, 6.07) is 11.1. The van der Waals surface area contributed by atoms with Crippen LogP contribution in [0.5, 0.6) is 11.5 Å². The lowest BCUT2D eigenvalue weighted by molar-refractivity contribution is -0.115. The van der Waals surface area contributed by atoms with Crippen LogP contribution in [0.4, 0.5) is 5.69 Å². The highest BCUT2D eigenvalue weighted by molar-refractivity contribution is 7.13. The van der Waals surface area contributed by atoms with Gasteiger partial charge in [-0.15, -0.1) is 11.3 Å².